The molecule has 1 aromatic rings. The van der Waals surface area contributed by atoms with Gasteiger partial charge in [0.1, 0.15) is 0 Å². The van der Waals surface area contributed by atoms with E-state index in [0.29, 0.717) is 36.4 Å². The molecule has 0 radical (unpaired) electrons. The summed E-state index contributed by atoms with van der Waals surface area (Å²) in [6.07, 6.45) is 4.78. The Morgan fingerprint density at radius 3 is 2.22 bits per heavy atom. The van der Waals surface area contributed by atoms with Crippen molar-refractivity contribution in [2.75, 3.05) is 13.1 Å². The van der Waals surface area contributed by atoms with Crippen LogP contribution in [0.4, 0.5) is 0 Å². The van der Waals surface area contributed by atoms with Gasteiger partial charge in [0.05, 0.1) is 4.90 Å². The van der Waals surface area contributed by atoms with Crippen LogP contribution in [0.2, 0.25) is 0 Å². The van der Waals surface area contributed by atoms with Crippen molar-refractivity contribution < 1.29 is 13.2 Å². The third-order valence-electron chi connectivity index (χ3n) is 5.05. The molecule has 6 heteroatoms. The molecule has 5 nitrogen and oxygen atoms in total. The number of hydrogen-bond donors (Lipinski definition) is 1. The molecule has 0 bridgehead atoms. The molecule has 2 atom stereocenters. The van der Waals surface area contributed by atoms with Gasteiger partial charge in [-0.05, 0) is 42.4 Å². The number of carbonyl (C=O) groups excluding carboxylic acids is 1. The molecule has 1 saturated heterocycles. The number of benzene rings is 1. The Bertz CT molecular complexity index is 656. The van der Waals surface area contributed by atoms with Crippen molar-refractivity contribution in [3.8, 4) is 0 Å². The second-order valence-corrected chi connectivity index (χ2v) is 8.62. The van der Waals surface area contributed by atoms with Crippen LogP contribution >= 0.6 is 0 Å². The van der Waals surface area contributed by atoms with Crippen molar-refractivity contribution in [3.05, 3.63) is 29.8 Å². The maximum Gasteiger partial charge on any atom is 0.243 e. The summed E-state index contributed by atoms with van der Waals surface area (Å²) in [5.41, 5.74) is 0.897. The highest BCUT2D eigenvalue weighted by Gasteiger charge is 2.39. The van der Waals surface area contributed by atoms with E-state index in [0.717, 1.165) is 18.4 Å². The molecule has 0 aromatic heterocycles. The summed E-state index contributed by atoms with van der Waals surface area (Å²) in [6.45, 7) is 3.22. The third-order valence-corrected chi connectivity index (χ3v) is 6.89. The number of fused-ring (bicyclic) bond motifs is 1. The molecule has 2 aliphatic rings. The first kappa shape index (κ1) is 16.5. The van der Waals surface area contributed by atoms with Gasteiger partial charge in [-0.2, -0.15) is 4.31 Å². The summed E-state index contributed by atoms with van der Waals surface area (Å²) >= 11 is 0. The zero-order valence-corrected chi connectivity index (χ0v) is 14.3. The topological polar surface area (TPSA) is 66.5 Å². The number of amides is 1. The lowest BCUT2D eigenvalue weighted by atomic mass is 9.82. The van der Waals surface area contributed by atoms with Crippen molar-refractivity contribution >= 4 is 15.9 Å². The smallest absolute Gasteiger partial charge is 0.243 e. The normalized spacial score (nSPS) is 25.1. The lowest BCUT2D eigenvalue weighted by Gasteiger charge is -2.22. The number of rotatable bonds is 4. The molecule has 1 heterocycles. The molecule has 1 saturated carbocycles. The van der Waals surface area contributed by atoms with E-state index in [2.05, 4.69) is 5.32 Å². The van der Waals surface area contributed by atoms with Gasteiger partial charge in [0.25, 0.3) is 0 Å². The fourth-order valence-electron chi connectivity index (χ4n) is 3.71. The quantitative estimate of drug-likeness (QED) is 0.916. The van der Waals surface area contributed by atoms with Crippen molar-refractivity contribution in [3.63, 3.8) is 0 Å². The van der Waals surface area contributed by atoms with Crippen LogP contribution in [0.25, 0.3) is 0 Å². The van der Waals surface area contributed by atoms with Gasteiger partial charge in [-0.25, -0.2) is 8.42 Å². The first-order valence-corrected chi connectivity index (χ1v) is 9.74. The average Bonchev–Trinajstić information content (AvgIpc) is 2.98. The van der Waals surface area contributed by atoms with E-state index in [-0.39, 0.29) is 5.91 Å². The molecule has 1 aliphatic heterocycles. The first-order chi connectivity index (χ1) is 11.0. The maximum absolute atomic E-state index is 12.8. The number of carbonyl (C=O) groups is 1. The molecule has 0 unspecified atom stereocenters. The molecule has 3 rings (SSSR count). The van der Waals surface area contributed by atoms with Crippen LogP contribution in [0.5, 0.6) is 0 Å². The molecular formula is C17H24N2O3S. The average molecular weight is 336 g/mol. The van der Waals surface area contributed by atoms with Gasteiger partial charge < -0.3 is 5.32 Å². The molecule has 1 aromatic carbocycles. The van der Waals surface area contributed by atoms with Crippen LogP contribution < -0.4 is 5.32 Å². The van der Waals surface area contributed by atoms with E-state index in [1.807, 2.05) is 0 Å². The van der Waals surface area contributed by atoms with Gasteiger partial charge in [-0.15, -0.1) is 0 Å². The van der Waals surface area contributed by atoms with Gasteiger partial charge >= 0.3 is 0 Å². The van der Waals surface area contributed by atoms with Gasteiger partial charge in [-0.3, -0.25) is 4.79 Å². The Morgan fingerprint density at radius 2 is 1.70 bits per heavy atom. The maximum atomic E-state index is 12.8. The summed E-state index contributed by atoms with van der Waals surface area (Å²) in [6, 6.07) is 6.83. The second-order valence-electron chi connectivity index (χ2n) is 6.68. The minimum Gasteiger partial charge on any atom is -0.352 e. The van der Waals surface area contributed by atoms with Gasteiger partial charge in [0, 0.05) is 26.6 Å². The van der Waals surface area contributed by atoms with Crippen molar-refractivity contribution in [1.82, 2.24) is 9.62 Å². The third kappa shape index (κ3) is 3.58. The predicted octanol–water partition coefficient (Wildman–Crippen LogP) is 2.13. The fourth-order valence-corrected chi connectivity index (χ4v) is 5.27. The highest BCUT2D eigenvalue weighted by Crippen LogP contribution is 2.38. The van der Waals surface area contributed by atoms with Crippen LogP contribution in [0.1, 0.15) is 38.2 Å². The molecule has 0 spiro atoms. The van der Waals surface area contributed by atoms with E-state index in [1.165, 1.54) is 19.8 Å². The van der Waals surface area contributed by atoms with Crippen LogP contribution in [0.15, 0.2) is 29.2 Å². The Hall–Kier alpha value is -1.40. The molecule has 23 heavy (non-hydrogen) atoms. The summed E-state index contributed by atoms with van der Waals surface area (Å²) in [5.74, 6) is 0.983. The minimum atomic E-state index is -3.40. The van der Waals surface area contributed by atoms with Crippen LogP contribution in [0.3, 0.4) is 0 Å². The standard InChI is InChI=1S/C17H24N2O3S/c1-13(20)18-10-14-6-8-17(9-7-14)23(21,22)19-11-15-4-2-3-5-16(15)12-19/h6-9,15-16H,2-5,10-12H2,1H3,(H,18,20)/t15-,16+. The number of nitrogens with one attached hydrogen (secondary N) is 1. The van der Waals surface area contributed by atoms with Gasteiger partial charge in [-0.1, -0.05) is 25.0 Å². The monoisotopic (exact) mass is 336 g/mol. The summed E-state index contributed by atoms with van der Waals surface area (Å²) in [7, 11) is -3.40. The highest BCUT2D eigenvalue weighted by atomic mass is 32.2. The minimum absolute atomic E-state index is 0.0960. The summed E-state index contributed by atoms with van der Waals surface area (Å²) in [4.78, 5) is 11.3. The van der Waals surface area contributed by atoms with Gasteiger partial charge in [0.15, 0.2) is 0 Å². The molecule has 126 valence electrons. The highest BCUT2D eigenvalue weighted by molar-refractivity contribution is 7.89. The molecule has 1 N–H and O–H groups in total. The Balaban J connectivity index is 1.71. The molecule has 1 aliphatic carbocycles. The Labute approximate surface area is 138 Å². The van der Waals surface area contributed by atoms with Gasteiger partial charge in [0.2, 0.25) is 15.9 Å². The van der Waals surface area contributed by atoms with Crippen LogP contribution in [0, 0.1) is 11.8 Å². The predicted molar refractivity (Wildman–Crippen MR) is 88.2 cm³/mol. The Kier molecular flexibility index (Phi) is 4.73. The second kappa shape index (κ2) is 6.61. The summed E-state index contributed by atoms with van der Waals surface area (Å²) in [5, 5.41) is 2.71. The van der Waals surface area contributed by atoms with E-state index in [1.54, 1.807) is 28.6 Å². The SMILES string of the molecule is CC(=O)NCc1ccc(S(=O)(=O)N2C[C@H]3CCCC[C@H]3C2)cc1. The van der Waals surface area contributed by atoms with Crippen LogP contribution in [-0.2, 0) is 21.4 Å². The fraction of sp³-hybridized carbons (Fsp3) is 0.588. The van der Waals surface area contributed by atoms with E-state index < -0.39 is 10.0 Å². The molecule has 2 fully saturated rings. The zero-order valence-electron chi connectivity index (χ0n) is 13.5. The summed E-state index contributed by atoms with van der Waals surface area (Å²) < 4.78 is 27.3. The molecular weight excluding hydrogens is 312 g/mol. The molecule has 1 amide bonds. The number of sulfonamides is 1. The van der Waals surface area contributed by atoms with E-state index in [4.69, 9.17) is 0 Å². The van der Waals surface area contributed by atoms with Crippen molar-refractivity contribution in [1.29, 1.82) is 0 Å². The van der Waals surface area contributed by atoms with E-state index in [9.17, 15) is 13.2 Å². The van der Waals surface area contributed by atoms with Crippen molar-refractivity contribution in [2.45, 2.75) is 44.0 Å². The number of nitrogens with zero attached hydrogens (tertiary/aromatic N) is 1. The van der Waals surface area contributed by atoms with Crippen LogP contribution in [-0.4, -0.2) is 31.7 Å². The largest absolute Gasteiger partial charge is 0.352 e. The lowest BCUT2D eigenvalue weighted by molar-refractivity contribution is -0.119. The Morgan fingerprint density at radius 1 is 1.13 bits per heavy atom. The first-order valence-electron chi connectivity index (χ1n) is 8.30. The zero-order chi connectivity index (χ0) is 16.4. The number of hydrogen-bond acceptors (Lipinski definition) is 3. The van der Waals surface area contributed by atoms with Crippen molar-refractivity contribution in [2.24, 2.45) is 11.8 Å². The lowest BCUT2D eigenvalue weighted by Crippen LogP contribution is -2.29. The van der Waals surface area contributed by atoms with E-state index >= 15 is 0 Å².